The zero-order chi connectivity index (χ0) is 43.8. The number of aryl methyl sites for hydroxylation is 1. The number of amides is 5. The highest BCUT2D eigenvalue weighted by Gasteiger charge is 2.63. The van der Waals surface area contributed by atoms with E-state index in [-0.39, 0.29) is 49.3 Å². The molecule has 6 aliphatic rings. The number of hydrogen-bond acceptors (Lipinski definition) is 10. The van der Waals surface area contributed by atoms with E-state index in [2.05, 4.69) is 36.8 Å². The first kappa shape index (κ1) is 41.6. The van der Waals surface area contributed by atoms with Gasteiger partial charge in [-0.2, -0.15) is 0 Å². The van der Waals surface area contributed by atoms with Crippen molar-refractivity contribution in [2.24, 2.45) is 5.41 Å². The lowest BCUT2D eigenvalue weighted by Crippen LogP contribution is -2.72. The van der Waals surface area contributed by atoms with Crippen molar-refractivity contribution in [3.63, 3.8) is 0 Å². The Hall–Kier alpha value is -5.39. The van der Waals surface area contributed by atoms with Crippen molar-refractivity contribution < 1.29 is 28.0 Å². The summed E-state index contributed by atoms with van der Waals surface area (Å²) in [6, 6.07) is 11.1. The van der Waals surface area contributed by atoms with Crippen molar-refractivity contribution in [2.45, 2.75) is 82.8 Å². The number of imidazole rings is 1. The van der Waals surface area contributed by atoms with E-state index in [1.807, 2.05) is 30.1 Å². The third-order valence-corrected chi connectivity index (χ3v) is 14.9. The van der Waals surface area contributed by atoms with Gasteiger partial charge in [-0.3, -0.25) is 34.4 Å². The van der Waals surface area contributed by atoms with E-state index in [1.165, 1.54) is 4.90 Å². The molecule has 15 nitrogen and oxygen atoms in total. The van der Waals surface area contributed by atoms with Crippen molar-refractivity contribution in [3.8, 4) is 0 Å². The van der Waals surface area contributed by atoms with E-state index in [0.717, 1.165) is 48.2 Å². The lowest BCUT2D eigenvalue weighted by molar-refractivity contribution is -0.234. The van der Waals surface area contributed by atoms with Crippen molar-refractivity contribution in [1.82, 2.24) is 39.9 Å². The maximum atomic E-state index is 16.3. The van der Waals surface area contributed by atoms with Gasteiger partial charge in [0.15, 0.2) is 17.2 Å². The zero-order valence-electron chi connectivity index (χ0n) is 35.6. The van der Waals surface area contributed by atoms with Crippen LogP contribution in [-0.4, -0.2) is 130 Å². The summed E-state index contributed by atoms with van der Waals surface area (Å²) >= 11 is 6.57. The number of rotatable bonds is 9. The molecule has 3 N–H and O–H groups in total. The van der Waals surface area contributed by atoms with Crippen molar-refractivity contribution in [3.05, 3.63) is 75.6 Å². The normalized spacial score (nSPS) is 21.6. The van der Waals surface area contributed by atoms with Crippen LogP contribution in [0.4, 0.5) is 36.5 Å². The first-order chi connectivity index (χ1) is 30.3. The molecule has 1 aliphatic carbocycles. The predicted molar refractivity (Wildman–Crippen MR) is 234 cm³/mol. The fraction of sp³-hybridized carbons (Fsp3) is 0.511. The quantitative estimate of drug-likeness (QED) is 0.194. The van der Waals surface area contributed by atoms with Gasteiger partial charge in [0.1, 0.15) is 0 Å². The predicted octanol–water partition coefficient (Wildman–Crippen LogP) is 5.60. The number of anilines is 4. The Balaban J connectivity index is 0.759. The average molecular weight is 884 g/mol. The maximum absolute atomic E-state index is 16.3. The molecule has 1 saturated carbocycles. The number of alkyl halides is 2. The number of hydrogen-bond donors (Lipinski definition) is 3. The molecule has 4 aromatic rings. The number of imide groups is 1. The molecular formula is C45H52ClF2N11O4. The Morgan fingerprint density at radius 1 is 0.952 bits per heavy atom. The second-order valence-electron chi connectivity index (χ2n) is 18.2. The largest absolute Gasteiger partial charge is 0.385 e. The van der Waals surface area contributed by atoms with Gasteiger partial charge in [0.2, 0.25) is 5.91 Å². The number of nitrogens with one attached hydrogen (secondary N) is 3. The molecule has 5 fully saturated rings. The van der Waals surface area contributed by atoms with Gasteiger partial charge >= 0.3 is 6.03 Å². The van der Waals surface area contributed by atoms with Crippen LogP contribution in [-0.2, 0) is 17.8 Å². The molecule has 63 heavy (non-hydrogen) atoms. The lowest BCUT2D eigenvalue weighted by Gasteiger charge is -2.60. The van der Waals surface area contributed by atoms with Crippen molar-refractivity contribution in [1.29, 1.82) is 0 Å². The molecular weight excluding hydrogens is 832 g/mol. The summed E-state index contributed by atoms with van der Waals surface area (Å²) in [4.78, 5) is 65.1. The molecule has 5 amide bonds. The number of likely N-dealkylation sites (tertiary alicyclic amines) is 3. The van der Waals surface area contributed by atoms with E-state index >= 15 is 8.78 Å². The Kier molecular flexibility index (Phi) is 10.6. The van der Waals surface area contributed by atoms with Crippen LogP contribution in [0.1, 0.15) is 82.5 Å². The Labute approximate surface area is 369 Å². The third kappa shape index (κ3) is 7.34. The van der Waals surface area contributed by atoms with Gasteiger partial charge in [0.25, 0.3) is 17.7 Å². The number of benzene rings is 2. The number of nitrogens with zero attached hydrogens (tertiary/aromatic N) is 8. The summed E-state index contributed by atoms with van der Waals surface area (Å²) in [5.41, 5.74) is 5.23. The molecule has 18 heteroatoms. The molecule has 2 aromatic heterocycles. The second-order valence-corrected chi connectivity index (χ2v) is 18.6. The standard InChI is InChI=1S/C45H52ClF2N11O4/c1-27-19-29(20-35(39(27)46)58-17-12-38(60)52-43(58)63)42(62)55-14-9-31(10-15-55)56-24-44(25-56)13-18-54(26-45(44,47)48)23-28-5-3-8-34-32(28)11-16-57(34)37-21-33(49-2)40-50-22-36(59(40)53-37)41(61)51-30-6-4-7-30/h3,5,8,19-22,30-31,49H,4,6-7,9-18,23-26H2,1-2H3,(H,51,61)(H,52,60,63). The Bertz CT molecular complexity index is 2520. The highest BCUT2D eigenvalue weighted by Crippen LogP contribution is 2.52. The minimum atomic E-state index is -2.86. The van der Waals surface area contributed by atoms with Crippen LogP contribution in [0, 0.1) is 12.3 Å². The molecule has 2 aromatic carbocycles. The topological polar surface area (TPSA) is 151 Å². The van der Waals surface area contributed by atoms with Crippen LogP contribution in [0.15, 0.2) is 42.6 Å². The minimum Gasteiger partial charge on any atom is -0.385 e. The molecule has 10 rings (SSSR count). The number of urea groups is 1. The molecule has 332 valence electrons. The summed E-state index contributed by atoms with van der Waals surface area (Å²) in [5.74, 6) is -2.91. The molecule has 7 heterocycles. The number of carbonyl (C=O) groups excluding carboxylic acids is 4. The van der Waals surface area contributed by atoms with Crippen LogP contribution in [0.2, 0.25) is 5.02 Å². The summed E-state index contributed by atoms with van der Waals surface area (Å²) in [5, 5.41) is 13.9. The van der Waals surface area contributed by atoms with Gasteiger partial charge in [-0.15, -0.1) is 5.10 Å². The van der Waals surface area contributed by atoms with Crippen LogP contribution in [0.5, 0.6) is 0 Å². The van der Waals surface area contributed by atoms with E-state index in [0.29, 0.717) is 104 Å². The van der Waals surface area contributed by atoms with Gasteiger partial charge in [-0.25, -0.2) is 23.1 Å². The number of carbonyl (C=O) groups is 4. The van der Waals surface area contributed by atoms with E-state index in [1.54, 1.807) is 34.7 Å². The SMILES string of the molecule is CNc1cc(N2CCc3c(CN4CCC5(CN(C6CCN(C(=O)c7cc(C)c(Cl)c(N8CCC(=O)NC8=O)c7)CC6)C5)C(F)(F)C4)cccc32)nn2c(C(=O)NC3CCC3)cnc12. The van der Waals surface area contributed by atoms with Crippen LogP contribution in [0.25, 0.3) is 5.65 Å². The first-order valence-electron chi connectivity index (χ1n) is 22.1. The Morgan fingerprint density at radius 3 is 2.44 bits per heavy atom. The number of fused-ring (bicyclic) bond motifs is 2. The van der Waals surface area contributed by atoms with Gasteiger partial charge in [0.05, 0.1) is 34.6 Å². The monoisotopic (exact) mass is 883 g/mol. The van der Waals surface area contributed by atoms with Gasteiger partial charge in [-0.05, 0) is 93.3 Å². The maximum Gasteiger partial charge on any atom is 0.328 e. The van der Waals surface area contributed by atoms with Gasteiger partial charge < -0.3 is 20.4 Å². The lowest BCUT2D eigenvalue weighted by atomic mass is 9.68. The van der Waals surface area contributed by atoms with Crippen LogP contribution >= 0.6 is 11.6 Å². The second kappa shape index (κ2) is 16.0. The summed E-state index contributed by atoms with van der Waals surface area (Å²) in [6.45, 7) is 5.00. The highest BCUT2D eigenvalue weighted by molar-refractivity contribution is 6.35. The number of piperidine rings is 2. The van der Waals surface area contributed by atoms with Crippen molar-refractivity contribution >= 4 is 63.9 Å². The molecule has 4 saturated heterocycles. The zero-order valence-corrected chi connectivity index (χ0v) is 36.3. The Morgan fingerprint density at radius 2 is 1.73 bits per heavy atom. The molecule has 0 atom stereocenters. The summed E-state index contributed by atoms with van der Waals surface area (Å²) in [6.07, 6.45) is 7.29. The van der Waals surface area contributed by atoms with E-state index in [9.17, 15) is 19.2 Å². The first-order valence-corrected chi connectivity index (χ1v) is 22.5. The van der Waals surface area contributed by atoms with Gasteiger partial charge in [0, 0.05) is 88.7 Å². The minimum absolute atomic E-state index is 0.115. The smallest absolute Gasteiger partial charge is 0.328 e. The molecule has 0 bridgehead atoms. The number of aromatic nitrogens is 3. The van der Waals surface area contributed by atoms with Gasteiger partial charge in [-0.1, -0.05) is 23.7 Å². The molecule has 1 spiro atoms. The fourth-order valence-corrected chi connectivity index (χ4v) is 10.7. The van der Waals surface area contributed by atoms with E-state index in [4.69, 9.17) is 16.7 Å². The van der Waals surface area contributed by atoms with Crippen molar-refractivity contribution in [2.75, 3.05) is 74.5 Å². The summed E-state index contributed by atoms with van der Waals surface area (Å²) in [7, 11) is 1.82. The molecule has 0 unspecified atom stereocenters. The van der Waals surface area contributed by atoms with E-state index < -0.39 is 17.4 Å². The van der Waals surface area contributed by atoms with Crippen LogP contribution < -0.4 is 25.8 Å². The highest BCUT2D eigenvalue weighted by atomic mass is 35.5. The molecule has 0 radical (unpaired) electrons. The molecule has 5 aliphatic heterocycles. The third-order valence-electron chi connectivity index (χ3n) is 14.4. The summed E-state index contributed by atoms with van der Waals surface area (Å²) < 4.78 is 34.2. The van der Waals surface area contributed by atoms with Crippen LogP contribution in [0.3, 0.4) is 0 Å². The average Bonchev–Trinajstić information content (AvgIpc) is 3.88. The number of halogens is 3. The fourth-order valence-electron chi connectivity index (χ4n) is 10.4.